The monoisotopic (exact) mass is 423 g/mol. The predicted molar refractivity (Wildman–Crippen MR) is 105 cm³/mol. The summed E-state index contributed by atoms with van der Waals surface area (Å²) >= 11 is 0. The number of carboxylic acids is 1. The van der Waals surface area contributed by atoms with Crippen molar-refractivity contribution in [3.63, 3.8) is 0 Å². The molecule has 1 amide bonds. The standard InChI is InChI=1S/C22H24F3NO4/c1-21(2,3)15-8-4-13(5-9-15)12-17(20(29)30)26-19(28)18(27)14-6-10-16(11-7-14)22(23,24)25/h4-11,17-18,27H,12H2,1-3H3,(H,26,28)(H,29,30)/t17-,18-/m0/s1. The largest absolute Gasteiger partial charge is 0.480 e. The van der Waals surface area contributed by atoms with E-state index in [-0.39, 0.29) is 17.4 Å². The number of alkyl halides is 3. The van der Waals surface area contributed by atoms with Gasteiger partial charge < -0.3 is 15.5 Å². The van der Waals surface area contributed by atoms with Crippen molar-refractivity contribution in [2.75, 3.05) is 0 Å². The Morgan fingerprint density at radius 1 is 0.933 bits per heavy atom. The Balaban J connectivity index is 2.08. The SMILES string of the molecule is CC(C)(C)c1ccc(C[C@H](NC(=O)[C@@H](O)c2ccc(C(F)(F)F)cc2)C(=O)O)cc1. The van der Waals surface area contributed by atoms with Crippen LogP contribution in [0.5, 0.6) is 0 Å². The quantitative estimate of drug-likeness (QED) is 0.659. The molecule has 0 heterocycles. The molecule has 30 heavy (non-hydrogen) atoms. The molecule has 2 rings (SSSR count). The molecular weight excluding hydrogens is 399 g/mol. The zero-order chi connectivity index (χ0) is 22.7. The van der Waals surface area contributed by atoms with Crippen molar-refractivity contribution in [1.82, 2.24) is 5.32 Å². The summed E-state index contributed by atoms with van der Waals surface area (Å²) in [7, 11) is 0. The van der Waals surface area contributed by atoms with Crippen molar-refractivity contribution in [2.24, 2.45) is 0 Å². The minimum absolute atomic E-state index is 0.00870. The summed E-state index contributed by atoms with van der Waals surface area (Å²) in [6, 6.07) is 9.46. The molecule has 0 radical (unpaired) electrons. The van der Waals surface area contributed by atoms with Crippen LogP contribution >= 0.6 is 0 Å². The van der Waals surface area contributed by atoms with Gasteiger partial charge >= 0.3 is 12.1 Å². The molecule has 3 N–H and O–H groups in total. The molecule has 2 aromatic rings. The van der Waals surface area contributed by atoms with E-state index in [0.29, 0.717) is 5.56 Å². The highest BCUT2D eigenvalue weighted by Crippen LogP contribution is 2.30. The predicted octanol–water partition coefficient (Wildman–Crippen LogP) is 3.85. The summed E-state index contributed by atoms with van der Waals surface area (Å²) in [6.45, 7) is 6.14. The first-order valence-electron chi connectivity index (χ1n) is 9.27. The van der Waals surface area contributed by atoms with E-state index in [2.05, 4.69) is 5.32 Å². The summed E-state index contributed by atoms with van der Waals surface area (Å²) < 4.78 is 37.9. The van der Waals surface area contributed by atoms with Gasteiger partial charge in [0, 0.05) is 6.42 Å². The molecule has 2 aromatic carbocycles. The average molecular weight is 423 g/mol. The number of aliphatic carboxylic acids is 1. The molecule has 0 aromatic heterocycles. The Bertz CT molecular complexity index is 885. The first-order chi connectivity index (χ1) is 13.8. The second-order valence-corrected chi connectivity index (χ2v) is 8.07. The Kier molecular flexibility index (Phi) is 6.92. The number of benzene rings is 2. The number of carboxylic acid groups (broad SMARTS) is 1. The average Bonchev–Trinajstić information content (AvgIpc) is 2.65. The van der Waals surface area contributed by atoms with Gasteiger partial charge in [-0.15, -0.1) is 0 Å². The molecule has 0 fully saturated rings. The first-order valence-corrected chi connectivity index (χ1v) is 9.27. The third-order valence-corrected chi connectivity index (χ3v) is 4.68. The summed E-state index contributed by atoms with van der Waals surface area (Å²) in [5, 5.41) is 21.8. The number of nitrogens with one attached hydrogen (secondary N) is 1. The van der Waals surface area contributed by atoms with Gasteiger partial charge in [0.25, 0.3) is 5.91 Å². The van der Waals surface area contributed by atoms with Crippen LogP contribution in [0.4, 0.5) is 13.2 Å². The highest BCUT2D eigenvalue weighted by atomic mass is 19.4. The fraction of sp³-hybridized carbons (Fsp3) is 0.364. The zero-order valence-corrected chi connectivity index (χ0v) is 16.8. The highest BCUT2D eigenvalue weighted by molar-refractivity contribution is 5.87. The van der Waals surface area contributed by atoms with Crippen molar-refractivity contribution in [1.29, 1.82) is 0 Å². The van der Waals surface area contributed by atoms with Crippen molar-refractivity contribution >= 4 is 11.9 Å². The summed E-state index contributed by atoms with van der Waals surface area (Å²) in [5.74, 6) is -2.30. The van der Waals surface area contributed by atoms with Crippen molar-refractivity contribution < 1.29 is 33.0 Å². The molecule has 0 aliphatic heterocycles. The molecule has 0 aliphatic carbocycles. The molecule has 8 heteroatoms. The molecule has 0 spiro atoms. The molecule has 5 nitrogen and oxygen atoms in total. The number of halogens is 3. The number of aliphatic hydroxyl groups is 1. The van der Waals surface area contributed by atoms with Gasteiger partial charge in [0.1, 0.15) is 6.04 Å². The molecule has 0 unspecified atom stereocenters. The second kappa shape index (κ2) is 8.87. The Morgan fingerprint density at radius 3 is 1.87 bits per heavy atom. The molecule has 0 aliphatic rings. The number of amides is 1. The van der Waals surface area contributed by atoms with Crippen molar-refractivity contribution in [3.05, 3.63) is 70.8 Å². The second-order valence-electron chi connectivity index (χ2n) is 8.07. The van der Waals surface area contributed by atoms with Gasteiger partial charge in [-0.3, -0.25) is 4.79 Å². The normalized spacial score (nSPS) is 14.1. The minimum Gasteiger partial charge on any atom is -0.480 e. The fourth-order valence-electron chi connectivity index (χ4n) is 2.83. The molecular formula is C22H24F3NO4. The van der Waals surface area contributed by atoms with Gasteiger partial charge in [0.05, 0.1) is 5.56 Å². The smallest absolute Gasteiger partial charge is 0.416 e. The van der Waals surface area contributed by atoms with Crippen LogP contribution in [-0.4, -0.2) is 28.1 Å². The lowest BCUT2D eigenvalue weighted by Gasteiger charge is -2.20. The van der Waals surface area contributed by atoms with Gasteiger partial charge in [0.2, 0.25) is 0 Å². The lowest BCUT2D eigenvalue weighted by molar-refractivity contribution is -0.143. The van der Waals surface area contributed by atoms with Crippen molar-refractivity contribution in [3.8, 4) is 0 Å². The summed E-state index contributed by atoms with van der Waals surface area (Å²) in [4.78, 5) is 23.8. The zero-order valence-electron chi connectivity index (χ0n) is 16.8. The van der Waals surface area contributed by atoms with E-state index in [4.69, 9.17) is 0 Å². The van der Waals surface area contributed by atoms with Crippen molar-refractivity contribution in [2.45, 2.75) is 50.9 Å². The Hall–Kier alpha value is -2.87. The number of carbonyl (C=O) groups is 2. The molecule has 2 atom stereocenters. The van der Waals surface area contributed by atoms with Crippen LogP contribution in [0, 0.1) is 0 Å². The number of rotatable bonds is 6. The number of aliphatic hydroxyl groups excluding tert-OH is 1. The van der Waals surface area contributed by atoms with Gasteiger partial charge in [-0.25, -0.2) is 4.79 Å². The number of hydrogen-bond acceptors (Lipinski definition) is 3. The van der Waals surface area contributed by atoms with Gasteiger partial charge in [0.15, 0.2) is 6.10 Å². The maximum Gasteiger partial charge on any atom is 0.416 e. The van der Waals surface area contributed by atoms with Crippen LogP contribution < -0.4 is 5.32 Å². The van der Waals surface area contributed by atoms with Crippen LogP contribution in [0.3, 0.4) is 0 Å². The summed E-state index contributed by atoms with van der Waals surface area (Å²) in [6.07, 6.45) is -6.34. The van der Waals surface area contributed by atoms with Crippen LogP contribution in [-0.2, 0) is 27.6 Å². The topological polar surface area (TPSA) is 86.6 Å². The van der Waals surface area contributed by atoms with E-state index >= 15 is 0 Å². The Morgan fingerprint density at radius 2 is 1.43 bits per heavy atom. The lowest BCUT2D eigenvalue weighted by Crippen LogP contribution is -2.44. The van der Waals surface area contributed by atoms with Gasteiger partial charge in [-0.1, -0.05) is 57.2 Å². The van der Waals surface area contributed by atoms with Crippen LogP contribution in [0.25, 0.3) is 0 Å². The van der Waals surface area contributed by atoms with E-state index in [1.807, 2.05) is 32.9 Å². The molecule has 0 saturated heterocycles. The highest BCUT2D eigenvalue weighted by Gasteiger charge is 2.31. The third-order valence-electron chi connectivity index (χ3n) is 4.68. The molecule has 0 saturated carbocycles. The van der Waals surface area contributed by atoms with Crippen LogP contribution in [0.15, 0.2) is 48.5 Å². The first kappa shape index (κ1) is 23.4. The van der Waals surface area contributed by atoms with E-state index < -0.39 is 35.8 Å². The maximum absolute atomic E-state index is 12.6. The minimum atomic E-state index is -4.54. The maximum atomic E-state index is 12.6. The number of hydrogen-bond donors (Lipinski definition) is 3. The third kappa shape index (κ3) is 6.06. The van der Waals surface area contributed by atoms with Gasteiger partial charge in [-0.2, -0.15) is 13.2 Å². The molecule has 162 valence electrons. The van der Waals surface area contributed by atoms with Gasteiger partial charge in [-0.05, 0) is 34.2 Å². The molecule has 0 bridgehead atoms. The lowest BCUT2D eigenvalue weighted by atomic mass is 9.86. The summed E-state index contributed by atoms with van der Waals surface area (Å²) in [5.41, 5.74) is 0.699. The van der Waals surface area contributed by atoms with E-state index in [1.165, 1.54) is 0 Å². The van der Waals surface area contributed by atoms with Crippen LogP contribution in [0.1, 0.15) is 49.1 Å². The Labute approximate surface area is 172 Å². The van der Waals surface area contributed by atoms with E-state index in [1.54, 1.807) is 12.1 Å². The van der Waals surface area contributed by atoms with E-state index in [9.17, 15) is 33.0 Å². The van der Waals surface area contributed by atoms with Crippen LogP contribution in [0.2, 0.25) is 0 Å². The number of carbonyl (C=O) groups excluding carboxylic acids is 1. The fourth-order valence-corrected chi connectivity index (χ4v) is 2.83. The van der Waals surface area contributed by atoms with E-state index in [0.717, 1.165) is 29.8 Å².